The van der Waals surface area contributed by atoms with Gasteiger partial charge in [-0.15, -0.1) is 0 Å². The standard InChI is InChI=1S/C32H47NO6/c1-6-37-31(35)26-9-7-8-25(17-26)20-38-27-12-14-33(15-13-27)19-22(3)28-11-10-23(4)32(36)18-30(39-24(5)34)21(2)16-29(28)32/h7-9,16-17,22-23,27-30,36H,6,10-15,18-20H2,1-5H3/t22?,23-,28+,29-,30-,32-/m1/s1. The number of hydrogen-bond acceptors (Lipinski definition) is 7. The Hall–Kier alpha value is -2.22. The van der Waals surface area contributed by atoms with Crippen LogP contribution in [0.3, 0.4) is 0 Å². The normalized spacial score (nSPS) is 30.7. The van der Waals surface area contributed by atoms with Crippen LogP contribution in [0.1, 0.15) is 82.6 Å². The van der Waals surface area contributed by atoms with Gasteiger partial charge in [-0.25, -0.2) is 4.79 Å². The van der Waals surface area contributed by atoms with E-state index in [0.717, 1.165) is 56.5 Å². The van der Waals surface area contributed by atoms with Gasteiger partial charge in [0.05, 0.1) is 30.5 Å². The fourth-order valence-electron chi connectivity index (χ4n) is 7.02. The van der Waals surface area contributed by atoms with E-state index in [0.29, 0.717) is 37.0 Å². The van der Waals surface area contributed by atoms with Crippen LogP contribution in [0.4, 0.5) is 0 Å². The zero-order valence-corrected chi connectivity index (χ0v) is 24.4. The molecule has 1 N–H and O–H groups in total. The summed E-state index contributed by atoms with van der Waals surface area (Å²) in [5.74, 6) is 0.538. The van der Waals surface area contributed by atoms with E-state index in [-0.39, 0.29) is 36.0 Å². The van der Waals surface area contributed by atoms with Gasteiger partial charge >= 0.3 is 11.9 Å². The fourth-order valence-corrected chi connectivity index (χ4v) is 7.02. The van der Waals surface area contributed by atoms with Gasteiger partial charge in [0.15, 0.2) is 0 Å². The molecule has 39 heavy (non-hydrogen) atoms. The quantitative estimate of drug-likeness (QED) is 0.342. The average Bonchev–Trinajstić information content (AvgIpc) is 2.90. The number of likely N-dealkylation sites (tertiary alicyclic amines) is 1. The first kappa shape index (κ1) is 29.8. The summed E-state index contributed by atoms with van der Waals surface area (Å²) in [6, 6.07) is 7.50. The van der Waals surface area contributed by atoms with Gasteiger partial charge in [0, 0.05) is 38.9 Å². The van der Waals surface area contributed by atoms with Crippen LogP contribution in [0, 0.1) is 23.7 Å². The molecule has 0 radical (unpaired) electrons. The number of nitrogens with zero attached hydrogens (tertiary/aromatic N) is 1. The Bertz CT molecular complexity index is 1030. The molecule has 0 spiro atoms. The van der Waals surface area contributed by atoms with E-state index >= 15 is 0 Å². The highest BCUT2D eigenvalue weighted by molar-refractivity contribution is 5.89. The van der Waals surface area contributed by atoms with E-state index in [1.807, 2.05) is 32.0 Å². The summed E-state index contributed by atoms with van der Waals surface area (Å²) in [5.41, 5.74) is 1.79. The molecule has 1 saturated carbocycles. The van der Waals surface area contributed by atoms with Crippen LogP contribution in [-0.4, -0.2) is 66.0 Å². The van der Waals surface area contributed by atoms with E-state index in [2.05, 4.69) is 24.8 Å². The topological polar surface area (TPSA) is 85.3 Å². The third-order valence-electron chi connectivity index (χ3n) is 9.33. The first-order valence-electron chi connectivity index (χ1n) is 14.8. The number of esters is 2. The number of carbonyl (C=O) groups excluding carboxylic acids is 2. The molecule has 4 rings (SSSR count). The molecular weight excluding hydrogens is 494 g/mol. The van der Waals surface area contributed by atoms with Gasteiger partial charge in [0.25, 0.3) is 0 Å². The first-order valence-corrected chi connectivity index (χ1v) is 14.8. The Morgan fingerprint density at radius 2 is 1.92 bits per heavy atom. The molecule has 1 aromatic rings. The number of hydrogen-bond donors (Lipinski definition) is 1. The minimum atomic E-state index is -0.831. The van der Waals surface area contributed by atoms with Gasteiger partial charge in [-0.2, -0.15) is 0 Å². The van der Waals surface area contributed by atoms with Crippen molar-refractivity contribution in [2.75, 3.05) is 26.2 Å². The summed E-state index contributed by atoms with van der Waals surface area (Å²) in [7, 11) is 0. The number of rotatable bonds is 9. The highest BCUT2D eigenvalue weighted by atomic mass is 16.5. The summed E-state index contributed by atoms with van der Waals surface area (Å²) in [4.78, 5) is 26.2. The Morgan fingerprint density at radius 3 is 2.62 bits per heavy atom. The predicted octanol–water partition coefficient (Wildman–Crippen LogP) is 5.16. The maximum Gasteiger partial charge on any atom is 0.338 e. The smallest absolute Gasteiger partial charge is 0.338 e. The molecule has 2 aliphatic carbocycles. The molecule has 3 aliphatic rings. The number of benzene rings is 1. The minimum Gasteiger partial charge on any atom is -0.462 e. The maximum absolute atomic E-state index is 12.0. The van der Waals surface area contributed by atoms with E-state index in [1.165, 1.54) is 6.92 Å². The molecule has 1 aromatic carbocycles. The average molecular weight is 542 g/mol. The molecule has 0 amide bonds. The number of fused-ring (bicyclic) bond motifs is 1. The van der Waals surface area contributed by atoms with Gasteiger partial charge in [-0.1, -0.05) is 32.1 Å². The van der Waals surface area contributed by atoms with Crippen molar-refractivity contribution in [2.24, 2.45) is 23.7 Å². The lowest BCUT2D eigenvalue weighted by molar-refractivity contribution is -0.159. The Balaban J connectivity index is 1.29. The lowest BCUT2D eigenvalue weighted by Gasteiger charge is -2.53. The second kappa shape index (κ2) is 13.0. The van der Waals surface area contributed by atoms with Gasteiger partial charge in [-0.3, -0.25) is 4.79 Å². The van der Waals surface area contributed by atoms with Crippen LogP contribution >= 0.6 is 0 Å². The summed E-state index contributed by atoms with van der Waals surface area (Å²) in [6.07, 6.45) is 6.68. The van der Waals surface area contributed by atoms with Crippen LogP contribution < -0.4 is 0 Å². The van der Waals surface area contributed by atoms with E-state index in [4.69, 9.17) is 14.2 Å². The largest absolute Gasteiger partial charge is 0.462 e. The summed E-state index contributed by atoms with van der Waals surface area (Å²) in [5, 5.41) is 11.9. The number of ether oxygens (including phenoxy) is 3. The molecule has 1 unspecified atom stereocenters. The third kappa shape index (κ3) is 7.11. The number of piperidine rings is 1. The second-order valence-corrected chi connectivity index (χ2v) is 12.1. The number of carbonyl (C=O) groups is 2. The third-order valence-corrected chi connectivity index (χ3v) is 9.33. The van der Waals surface area contributed by atoms with Crippen molar-refractivity contribution < 1.29 is 28.9 Å². The summed E-state index contributed by atoms with van der Waals surface area (Å²) in [6.45, 7) is 13.6. The lowest BCUT2D eigenvalue weighted by atomic mass is 9.57. The van der Waals surface area contributed by atoms with Crippen molar-refractivity contribution in [3.8, 4) is 0 Å². The summed E-state index contributed by atoms with van der Waals surface area (Å²) < 4.78 is 16.9. The predicted molar refractivity (Wildman–Crippen MR) is 150 cm³/mol. The van der Waals surface area contributed by atoms with Crippen molar-refractivity contribution in [1.29, 1.82) is 0 Å². The Labute approximate surface area is 233 Å². The molecule has 0 aromatic heterocycles. The highest BCUT2D eigenvalue weighted by Gasteiger charge is 2.52. The summed E-state index contributed by atoms with van der Waals surface area (Å²) >= 11 is 0. The Kier molecular flexibility index (Phi) is 9.89. The molecule has 6 atom stereocenters. The molecule has 7 heteroatoms. The molecule has 216 valence electrons. The molecule has 1 heterocycles. The minimum absolute atomic E-state index is 0.0919. The highest BCUT2D eigenvalue weighted by Crippen LogP contribution is 2.51. The lowest BCUT2D eigenvalue weighted by Crippen LogP contribution is -2.56. The van der Waals surface area contributed by atoms with Crippen molar-refractivity contribution in [3.05, 3.63) is 47.0 Å². The van der Waals surface area contributed by atoms with E-state index in [9.17, 15) is 14.7 Å². The molecule has 1 aliphatic heterocycles. The maximum atomic E-state index is 12.0. The van der Waals surface area contributed by atoms with Crippen molar-refractivity contribution in [2.45, 2.75) is 91.1 Å². The molecule has 0 bridgehead atoms. The van der Waals surface area contributed by atoms with Crippen LogP contribution in [0.2, 0.25) is 0 Å². The van der Waals surface area contributed by atoms with E-state index in [1.54, 1.807) is 6.07 Å². The van der Waals surface area contributed by atoms with Crippen molar-refractivity contribution in [1.82, 2.24) is 4.90 Å². The van der Waals surface area contributed by atoms with Crippen molar-refractivity contribution >= 4 is 11.9 Å². The first-order chi connectivity index (χ1) is 18.6. The SMILES string of the molecule is CCOC(=O)c1cccc(COC2CCN(CC(C)[C@@H]3CC[C@@H](C)[C@]4(O)C[C@@H](OC(C)=O)C(C)=C[C@H]34)CC2)c1. The fraction of sp³-hybridized carbons (Fsp3) is 0.688. The monoisotopic (exact) mass is 541 g/mol. The second-order valence-electron chi connectivity index (χ2n) is 12.1. The molecule has 2 fully saturated rings. The van der Waals surface area contributed by atoms with Gasteiger partial charge in [-0.05, 0) is 80.6 Å². The van der Waals surface area contributed by atoms with Gasteiger partial charge in [0.1, 0.15) is 6.10 Å². The van der Waals surface area contributed by atoms with Crippen LogP contribution in [0.5, 0.6) is 0 Å². The van der Waals surface area contributed by atoms with Gasteiger partial charge < -0.3 is 24.2 Å². The van der Waals surface area contributed by atoms with Crippen LogP contribution in [0.15, 0.2) is 35.9 Å². The van der Waals surface area contributed by atoms with Crippen molar-refractivity contribution in [3.63, 3.8) is 0 Å². The molecule has 7 nitrogen and oxygen atoms in total. The van der Waals surface area contributed by atoms with Gasteiger partial charge in [0.2, 0.25) is 0 Å². The molecular formula is C32H47NO6. The van der Waals surface area contributed by atoms with E-state index < -0.39 is 5.60 Å². The zero-order valence-electron chi connectivity index (χ0n) is 24.4. The molecule has 1 saturated heterocycles. The van der Waals surface area contributed by atoms with Crippen LogP contribution in [-0.2, 0) is 25.6 Å². The Morgan fingerprint density at radius 1 is 1.18 bits per heavy atom. The number of aliphatic hydroxyl groups is 1. The van der Waals surface area contributed by atoms with Crippen LogP contribution in [0.25, 0.3) is 0 Å². The zero-order chi connectivity index (χ0) is 28.2.